The maximum absolute atomic E-state index is 14.7. The lowest BCUT2D eigenvalue weighted by molar-refractivity contribution is -0.226. The number of ether oxygens (including phenoxy) is 2. The number of amides is 7. The molecule has 21 nitrogen and oxygen atoms in total. The van der Waals surface area contributed by atoms with Gasteiger partial charge < -0.3 is 49.9 Å². The highest BCUT2D eigenvalue weighted by molar-refractivity contribution is 5.96. The van der Waals surface area contributed by atoms with Gasteiger partial charge in [-0.1, -0.05) is 126 Å². The number of aromatic hydroxyl groups is 2. The van der Waals surface area contributed by atoms with Crippen LogP contribution in [0.4, 0.5) is 0 Å². The van der Waals surface area contributed by atoms with Crippen molar-refractivity contribution in [3.05, 3.63) is 47.5 Å². The number of hydrogen-bond donors (Lipinski definition) is 4. The van der Waals surface area contributed by atoms with Crippen LogP contribution in [0.15, 0.2) is 36.4 Å². The first-order valence-corrected chi connectivity index (χ1v) is 35.2. The van der Waals surface area contributed by atoms with Crippen LogP contribution in [0.3, 0.4) is 0 Å². The van der Waals surface area contributed by atoms with Gasteiger partial charge in [0.1, 0.15) is 11.6 Å². The molecule has 1 saturated carbocycles. The predicted molar refractivity (Wildman–Crippen MR) is 363 cm³/mol. The highest BCUT2D eigenvalue weighted by atomic mass is 16.7. The predicted octanol–water partition coefficient (Wildman–Crippen LogP) is 9.26. The van der Waals surface area contributed by atoms with Crippen LogP contribution in [0, 0.1) is 29.6 Å². The number of likely N-dealkylation sites (N-methyl/N-ethyl adjacent to an activating group) is 4. The molecule has 21 heteroatoms. The summed E-state index contributed by atoms with van der Waals surface area (Å²) in [5.74, 6) is -2.55. The number of aromatic nitrogens is 1. The number of benzene rings is 1. The molecular formula is C72H121N9O12. The van der Waals surface area contributed by atoms with Gasteiger partial charge in [-0.3, -0.25) is 47.9 Å². The summed E-state index contributed by atoms with van der Waals surface area (Å²) >= 11 is 0. The first-order chi connectivity index (χ1) is 44.1. The van der Waals surface area contributed by atoms with E-state index < -0.39 is 41.8 Å². The Morgan fingerprint density at radius 3 is 1.99 bits per heavy atom. The Hall–Kier alpha value is -5.77. The van der Waals surface area contributed by atoms with Gasteiger partial charge in [0.05, 0.1) is 42.7 Å². The van der Waals surface area contributed by atoms with Crippen molar-refractivity contribution in [1.29, 1.82) is 0 Å². The molecular weight excluding hydrogens is 1180 g/mol. The number of methoxy groups -OCH3 is 2. The van der Waals surface area contributed by atoms with Gasteiger partial charge in [0.25, 0.3) is 5.91 Å². The Bertz CT molecular complexity index is 2720. The van der Waals surface area contributed by atoms with E-state index in [0.717, 1.165) is 63.4 Å². The van der Waals surface area contributed by atoms with E-state index in [1.54, 1.807) is 56.1 Å². The smallest absolute Gasteiger partial charge is 0.272 e. The molecule has 2 aliphatic heterocycles. The highest BCUT2D eigenvalue weighted by Crippen LogP contribution is 2.53. The molecule has 11 atom stereocenters. The minimum absolute atomic E-state index is 0.0226. The van der Waals surface area contributed by atoms with Crippen molar-refractivity contribution in [2.24, 2.45) is 29.6 Å². The molecule has 3 fully saturated rings. The lowest BCUT2D eigenvalue weighted by Crippen LogP contribution is -2.57. The molecule has 5 rings (SSSR count). The number of hydroxylamine groups is 2. The molecule has 2 saturated heterocycles. The third-order valence-electron chi connectivity index (χ3n) is 21.2. The number of nitrogens with one attached hydrogen (secondary N) is 2. The Balaban J connectivity index is 1.12. The van der Waals surface area contributed by atoms with Gasteiger partial charge >= 0.3 is 0 Å². The standard InChI is InChI=1S/C72H121N9O12/c1-18-22-32-53-33-26-41-81(93-53)70(90)72(47-56(72)52-30-24-23-25-31-52)74-66(86)51(10)65(92-17)57-34-27-39-79(57)62(85)46-58(91-16)54(50(9)19-2)37-42-78(15)69(89)63(48(5)6)73-67(87)64(49(7)8)77(14)38-28-35-59(82)75(12)43-44-76(13)60(83)36-29-40-80-61(84)45-55(68(80)88)71(11,20-3)21-4/h23-25,30-31,45,48-51,53-54,56-58,63-65,84,88H,18-22,26-29,32-44,46-47H2,1-17H3,(H,73,87)(H,74,86). The molecule has 0 bridgehead atoms. The topological polar surface area (TPSA) is 236 Å². The fraction of sp³-hybridized carbons (Fsp3) is 0.764. The maximum Gasteiger partial charge on any atom is 0.272 e. The molecule has 3 heterocycles. The van der Waals surface area contributed by atoms with Crippen LogP contribution < -0.4 is 10.6 Å². The zero-order valence-electron chi connectivity index (χ0n) is 60.0. The number of nitrogens with zero attached hydrogens (tertiary/aromatic N) is 7. The molecule has 93 heavy (non-hydrogen) atoms. The van der Waals surface area contributed by atoms with Crippen molar-refractivity contribution in [2.75, 3.05) is 81.7 Å². The van der Waals surface area contributed by atoms with Crippen LogP contribution in [-0.2, 0) is 59.8 Å². The van der Waals surface area contributed by atoms with E-state index in [0.29, 0.717) is 76.9 Å². The van der Waals surface area contributed by atoms with Crippen molar-refractivity contribution in [2.45, 2.75) is 245 Å². The fourth-order valence-electron chi connectivity index (χ4n) is 14.2. The molecule has 526 valence electrons. The molecule has 0 radical (unpaired) electrons. The van der Waals surface area contributed by atoms with E-state index in [1.165, 1.54) is 9.63 Å². The first-order valence-electron chi connectivity index (χ1n) is 35.2. The Labute approximate surface area is 557 Å². The minimum Gasteiger partial charge on any atom is -0.494 e. The van der Waals surface area contributed by atoms with Crippen LogP contribution >= 0.6 is 0 Å². The molecule has 1 aromatic heterocycles. The summed E-state index contributed by atoms with van der Waals surface area (Å²) in [7, 11) is 10.2. The lowest BCUT2D eigenvalue weighted by Gasteiger charge is -2.37. The number of carbonyl (C=O) groups excluding carboxylic acids is 7. The third-order valence-corrected chi connectivity index (χ3v) is 21.2. The molecule has 2 aromatic rings. The Morgan fingerprint density at radius 1 is 0.774 bits per heavy atom. The molecule has 1 aromatic carbocycles. The fourth-order valence-corrected chi connectivity index (χ4v) is 14.2. The normalized spacial score (nSPS) is 20.6. The number of hydrogen-bond acceptors (Lipinski definition) is 13. The quantitative estimate of drug-likeness (QED) is 0.0489. The van der Waals surface area contributed by atoms with Crippen molar-refractivity contribution in [3.8, 4) is 11.8 Å². The summed E-state index contributed by atoms with van der Waals surface area (Å²) in [6.45, 7) is 24.9. The van der Waals surface area contributed by atoms with E-state index in [9.17, 15) is 43.8 Å². The van der Waals surface area contributed by atoms with Crippen LogP contribution in [-0.4, -0.2) is 209 Å². The van der Waals surface area contributed by atoms with Gasteiger partial charge in [0.2, 0.25) is 35.4 Å². The van der Waals surface area contributed by atoms with Gasteiger partial charge in [0.15, 0.2) is 11.8 Å². The Kier molecular flexibility index (Phi) is 30.5. The average Bonchev–Trinajstić information content (AvgIpc) is 1.56. The van der Waals surface area contributed by atoms with E-state index in [1.807, 2.05) is 81.8 Å². The summed E-state index contributed by atoms with van der Waals surface area (Å²) in [5, 5.41) is 29.4. The lowest BCUT2D eigenvalue weighted by atomic mass is 9.79. The summed E-state index contributed by atoms with van der Waals surface area (Å²) in [5.41, 5.74) is 0.242. The third kappa shape index (κ3) is 20.2. The highest BCUT2D eigenvalue weighted by Gasteiger charge is 2.64. The number of unbranched alkanes of at least 4 members (excludes halogenated alkanes) is 1. The number of rotatable bonds is 39. The van der Waals surface area contributed by atoms with Crippen LogP contribution in [0.1, 0.15) is 202 Å². The van der Waals surface area contributed by atoms with E-state index in [4.69, 9.17) is 14.3 Å². The zero-order valence-corrected chi connectivity index (χ0v) is 60.0. The van der Waals surface area contributed by atoms with Gasteiger partial charge in [-0.05, 0) is 119 Å². The van der Waals surface area contributed by atoms with Crippen molar-refractivity contribution < 1.29 is 58.1 Å². The summed E-state index contributed by atoms with van der Waals surface area (Å²) in [6.07, 6.45) is 9.73. The van der Waals surface area contributed by atoms with E-state index in [2.05, 4.69) is 52.2 Å². The zero-order chi connectivity index (χ0) is 69.1. The van der Waals surface area contributed by atoms with Crippen molar-refractivity contribution >= 4 is 41.4 Å². The minimum atomic E-state index is -1.17. The number of likely N-dealkylation sites (tertiary alicyclic amines) is 1. The first kappa shape index (κ1) is 77.9. The van der Waals surface area contributed by atoms with Crippen LogP contribution in [0.2, 0.25) is 0 Å². The summed E-state index contributed by atoms with van der Waals surface area (Å²) in [4.78, 5) is 114. The van der Waals surface area contributed by atoms with Crippen LogP contribution in [0.25, 0.3) is 0 Å². The van der Waals surface area contributed by atoms with E-state index in [-0.39, 0.29) is 120 Å². The second-order valence-corrected chi connectivity index (χ2v) is 28.3. The van der Waals surface area contributed by atoms with Gasteiger partial charge in [-0.25, -0.2) is 5.06 Å². The van der Waals surface area contributed by atoms with Crippen LogP contribution in [0.5, 0.6) is 11.8 Å². The molecule has 11 unspecified atom stereocenters. The second-order valence-electron chi connectivity index (χ2n) is 28.3. The van der Waals surface area contributed by atoms with Crippen molar-refractivity contribution in [3.63, 3.8) is 0 Å². The molecule has 4 N–H and O–H groups in total. The molecule has 1 aliphatic carbocycles. The molecule has 3 aliphatic rings. The monoisotopic (exact) mass is 1300 g/mol. The summed E-state index contributed by atoms with van der Waals surface area (Å²) < 4.78 is 13.8. The van der Waals surface area contributed by atoms with Crippen molar-refractivity contribution in [1.82, 2.24) is 44.8 Å². The number of carbonyl (C=O) groups is 7. The maximum atomic E-state index is 14.7. The average molecular weight is 1300 g/mol. The SMILES string of the molecule is CCCCC1CCCN(C(=O)C2(NC(=O)C(C)C(OC)C3CCCN3C(=O)CC(OC)C(CCN(C)C(=O)C(NC(=O)C(C(C)C)N(C)CCCC(=O)N(C)CCN(C)C(=O)CCCn3c(O)cc(C(C)(CC)CC)c3O)C(C)C)C(C)CC)CC2c2ccccc2)O1. The van der Waals surface area contributed by atoms with E-state index >= 15 is 0 Å². The van der Waals surface area contributed by atoms with Gasteiger partial charge in [0, 0.05) is 105 Å². The molecule has 7 amide bonds. The second kappa shape index (κ2) is 36.4. The molecule has 0 spiro atoms. The summed E-state index contributed by atoms with van der Waals surface area (Å²) in [6, 6.07) is 9.67. The largest absolute Gasteiger partial charge is 0.494 e. The van der Waals surface area contributed by atoms with Gasteiger partial charge in [-0.15, -0.1) is 0 Å². The van der Waals surface area contributed by atoms with Gasteiger partial charge in [-0.2, -0.15) is 0 Å². The Morgan fingerprint density at radius 2 is 1.41 bits per heavy atom.